The Morgan fingerprint density at radius 3 is 2.73 bits per heavy atom. The molecule has 4 heteroatoms. The van der Waals surface area contributed by atoms with Gasteiger partial charge in [0.1, 0.15) is 5.82 Å². The van der Waals surface area contributed by atoms with Gasteiger partial charge in [-0.3, -0.25) is 0 Å². The highest BCUT2D eigenvalue weighted by molar-refractivity contribution is 5.52. The van der Waals surface area contributed by atoms with Crippen LogP contribution in [0.2, 0.25) is 0 Å². The molecule has 1 aromatic heterocycles. The Morgan fingerprint density at radius 2 is 2.13 bits per heavy atom. The fourth-order valence-corrected chi connectivity index (χ4v) is 2.00. The predicted molar refractivity (Wildman–Crippen MR) is 60.8 cm³/mol. The number of nitrogens with zero attached hydrogens (tertiary/aromatic N) is 2. The van der Waals surface area contributed by atoms with Gasteiger partial charge in [-0.15, -0.1) is 0 Å². The summed E-state index contributed by atoms with van der Waals surface area (Å²) in [4.78, 5) is 6.56. The van der Waals surface area contributed by atoms with Crippen molar-refractivity contribution in [3.63, 3.8) is 0 Å². The zero-order chi connectivity index (χ0) is 10.8. The number of anilines is 2. The van der Waals surface area contributed by atoms with E-state index in [-0.39, 0.29) is 6.10 Å². The number of pyridine rings is 1. The molecule has 0 unspecified atom stereocenters. The highest BCUT2D eigenvalue weighted by Gasteiger charge is 2.19. The summed E-state index contributed by atoms with van der Waals surface area (Å²) in [7, 11) is 0. The molecule has 1 fully saturated rings. The predicted octanol–water partition coefficient (Wildman–Crippen LogP) is 0.933. The van der Waals surface area contributed by atoms with Crippen LogP contribution in [0.3, 0.4) is 0 Å². The SMILES string of the molecule is Cc1cc(N)cnc1N1CCC(O)CC1. The average Bonchev–Trinajstić information content (AvgIpc) is 2.20. The van der Waals surface area contributed by atoms with Crippen LogP contribution in [0, 0.1) is 6.92 Å². The maximum Gasteiger partial charge on any atom is 0.131 e. The van der Waals surface area contributed by atoms with Gasteiger partial charge in [0, 0.05) is 13.1 Å². The Hall–Kier alpha value is -1.29. The molecule has 15 heavy (non-hydrogen) atoms. The standard InChI is InChI=1S/C11H17N3O/c1-8-6-9(12)7-13-11(8)14-4-2-10(15)3-5-14/h6-7,10,15H,2-5,12H2,1H3. The molecule has 0 saturated carbocycles. The molecule has 0 radical (unpaired) electrons. The molecule has 1 aromatic rings. The second-order valence-electron chi connectivity index (χ2n) is 4.13. The first-order valence-corrected chi connectivity index (χ1v) is 5.32. The van der Waals surface area contributed by atoms with E-state index >= 15 is 0 Å². The summed E-state index contributed by atoms with van der Waals surface area (Å²) in [6, 6.07) is 1.94. The summed E-state index contributed by atoms with van der Waals surface area (Å²) < 4.78 is 0. The molecule has 0 aliphatic carbocycles. The minimum atomic E-state index is -0.143. The van der Waals surface area contributed by atoms with E-state index in [0.29, 0.717) is 5.69 Å². The first kappa shape index (κ1) is 10.2. The Balaban J connectivity index is 2.15. The van der Waals surface area contributed by atoms with Crippen molar-refractivity contribution >= 4 is 11.5 Å². The summed E-state index contributed by atoms with van der Waals surface area (Å²) in [5.41, 5.74) is 7.46. The summed E-state index contributed by atoms with van der Waals surface area (Å²) in [6.45, 7) is 3.77. The van der Waals surface area contributed by atoms with Crippen LogP contribution >= 0.6 is 0 Å². The minimum Gasteiger partial charge on any atom is -0.397 e. The van der Waals surface area contributed by atoms with E-state index in [1.807, 2.05) is 13.0 Å². The van der Waals surface area contributed by atoms with Gasteiger partial charge in [-0.25, -0.2) is 4.98 Å². The number of aryl methyl sites for hydroxylation is 1. The maximum absolute atomic E-state index is 9.42. The van der Waals surface area contributed by atoms with Crippen molar-refractivity contribution in [3.8, 4) is 0 Å². The molecule has 1 saturated heterocycles. The lowest BCUT2D eigenvalue weighted by Crippen LogP contribution is -2.36. The number of aliphatic hydroxyl groups excluding tert-OH is 1. The largest absolute Gasteiger partial charge is 0.397 e. The minimum absolute atomic E-state index is 0.143. The van der Waals surface area contributed by atoms with E-state index in [0.717, 1.165) is 37.3 Å². The number of rotatable bonds is 1. The second-order valence-corrected chi connectivity index (χ2v) is 4.13. The molecule has 3 N–H and O–H groups in total. The van der Waals surface area contributed by atoms with Crippen molar-refractivity contribution in [3.05, 3.63) is 17.8 Å². The van der Waals surface area contributed by atoms with Crippen LogP contribution in [-0.2, 0) is 0 Å². The molecule has 4 nitrogen and oxygen atoms in total. The number of aliphatic hydroxyl groups is 1. The molecule has 0 atom stereocenters. The van der Waals surface area contributed by atoms with Gasteiger partial charge in [0.2, 0.25) is 0 Å². The fourth-order valence-electron chi connectivity index (χ4n) is 2.00. The Morgan fingerprint density at radius 1 is 1.47 bits per heavy atom. The number of hydrogen-bond acceptors (Lipinski definition) is 4. The fraction of sp³-hybridized carbons (Fsp3) is 0.545. The average molecular weight is 207 g/mol. The third kappa shape index (κ3) is 2.21. The topological polar surface area (TPSA) is 62.4 Å². The van der Waals surface area contributed by atoms with Crippen molar-refractivity contribution < 1.29 is 5.11 Å². The third-order valence-corrected chi connectivity index (χ3v) is 2.84. The van der Waals surface area contributed by atoms with Crippen LogP contribution in [0.4, 0.5) is 11.5 Å². The molecule has 1 aliphatic heterocycles. The highest BCUT2D eigenvalue weighted by Crippen LogP contribution is 2.22. The van der Waals surface area contributed by atoms with Crippen LogP contribution in [-0.4, -0.2) is 29.3 Å². The molecule has 0 spiro atoms. The highest BCUT2D eigenvalue weighted by atomic mass is 16.3. The van der Waals surface area contributed by atoms with Gasteiger partial charge in [-0.05, 0) is 31.4 Å². The number of aromatic nitrogens is 1. The molecule has 1 aliphatic rings. The Bertz CT molecular complexity index is 346. The van der Waals surface area contributed by atoms with E-state index in [1.165, 1.54) is 0 Å². The quantitative estimate of drug-likeness (QED) is 0.719. The number of nitrogens with two attached hydrogens (primary N) is 1. The van der Waals surface area contributed by atoms with Crippen LogP contribution < -0.4 is 10.6 Å². The first-order chi connectivity index (χ1) is 7.16. The van der Waals surface area contributed by atoms with E-state index in [9.17, 15) is 5.11 Å². The molecular weight excluding hydrogens is 190 g/mol. The van der Waals surface area contributed by atoms with E-state index in [4.69, 9.17) is 5.73 Å². The van der Waals surface area contributed by atoms with Crippen molar-refractivity contribution in [1.82, 2.24) is 4.98 Å². The molecule has 0 bridgehead atoms. The van der Waals surface area contributed by atoms with E-state index in [2.05, 4.69) is 9.88 Å². The summed E-state index contributed by atoms with van der Waals surface area (Å²) in [5.74, 6) is 0.996. The lowest BCUT2D eigenvalue weighted by Gasteiger charge is -2.31. The van der Waals surface area contributed by atoms with Crippen LogP contribution in [0.1, 0.15) is 18.4 Å². The van der Waals surface area contributed by atoms with Crippen LogP contribution in [0.15, 0.2) is 12.3 Å². The van der Waals surface area contributed by atoms with E-state index < -0.39 is 0 Å². The van der Waals surface area contributed by atoms with Gasteiger partial charge in [0.05, 0.1) is 18.0 Å². The lowest BCUT2D eigenvalue weighted by molar-refractivity contribution is 0.145. The number of hydrogen-bond donors (Lipinski definition) is 2. The van der Waals surface area contributed by atoms with Crippen molar-refractivity contribution in [2.75, 3.05) is 23.7 Å². The van der Waals surface area contributed by atoms with Gasteiger partial charge in [0.15, 0.2) is 0 Å². The summed E-state index contributed by atoms with van der Waals surface area (Å²) in [5, 5.41) is 9.42. The van der Waals surface area contributed by atoms with Crippen LogP contribution in [0.5, 0.6) is 0 Å². The van der Waals surface area contributed by atoms with Gasteiger partial charge in [0.25, 0.3) is 0 Å². The molecule has 0 amide bonds. The van der Waals surface area contributed by atoms with Gasteiger partial charge in [-0.2, -0.15) is 0 Å². The van der Waals surface area contributed by atoms with Gasteiger partial charge < -0.3 is 15.7 Å². The molecule has 2 rings (SSSR count). The lowest BCUT2D eigenvalue weighted by atomic mass is 10.1. The van der Waals surface area contributed by atoms with Gasteiger partial charge in [-0.1, -0.05) is 0 Å². The molecule has 82 valence electrons. The zero-order valence-electron chi connectivity index (χ0n) is 8.98. The zero-order valence-corrected chi connectivity index (χ0v) is 8.98. The molecule has 2 heterocycles. The third-order valence-electron chi connectivity index (χ3n) is 2.84. The summed E-state index contributed by atoms with van der Waals surface area (Å²) in [6.07, 6.45) is 3.19. The first-order valence-electron chi connectivity index (χ1n) is 5.32. The van der Waals surface area contributed by atoms with Crippen molar-refractivity contribution in [2.24, 2.45) is 0 Å². The van der Waals surface area contributed by atoms with E-state index in [1.54, 1.807) is 6.20 Å². The number of piperidine rings is 1. The Labute approximate surface area is 89.7 Å². The monoisotopic (exact) mass is 207 g/mol. The van der Waals surface area contributed by atoms with Crippen molar-refractivity contribution in [1.29, 1.82) is 0 Å². The molecular formula is C11H17N3O. The normalized spacial score (nSPS) is 18.1. The molecule has 0 aromatic carbocycles. The Kier molecular flexibility index (Phi) is 2.77. The smallest absolute Gasteiger partial charge is 0.131 e. The second kappa shape index (κ2) is 4.06. The maximum atomic E-state index is 9.42. The number of nitrogen functional groups attached to an aromatic ring is 1. The van der Waals surface area contributed by atoms with Gasteiger partial charge >= 0.3 is 0 Å². The summed E-state index contributed by atoms with van der Waals surface area (Å²) >= 11 is 0. The van der Waals surface area contributed by atoms with Crippen LogP contribution in [0.25, 0.3) is 0 Å². The van der Waals surface area contributed by atoms with Crippen molar-refractivity contribution in [2.45, 2.75) is 25.9 Å².